The van der Waals surface area contributed by atoms with Gasteiger partial charge in [0.05, 0.1) is 55.2 Å². The van der Waals surface area contributed by atoms with Gasteiger partial charge in [0.1, 0.15) is 0 Å². The van der Waals surface area contributed by atoms with Crippen LogP contribution >= 0.6 is 23.2 Å². The van der Waals surface area contributed by atoms with Crippen molar-refractivity contribution in [1.82, 2.24) is 97.6 Å². The quantitative estimate of drug-likeness (QED) is 0.0442. The summed E-state index contributed by atoms with van der Waals surface area (Å²) < 4.78 is 9.71. The lowest BCUT2D eigenvalue weighted by molar-refractivity contribution is 0.648. The van der Waals surface area contributed by atoms with E-state index in [0.29, 0.717) is 77.9 Å². The van der Waals surface area contributed by atoms with E-state index in [1.165, 1.54) is 33.4 Å². The lowest BCUT2D eigenvalue weighted by atomic mass is 10.1. The van der Waals surface area contributed by atoms with Gasteiger partial charge in [-0.3, -0.25) is 48.9 Å². The summed E-state index contributed by atoms with van der Waals surface area (Å²) in [6, 6.07) is 59.4. The van der Waals surface area contributed by atoms with Gasteiger partial charge >= 0.3 is 28.4 Å². The summed E-state index contributed by atoms with van der Waals surface area (Å²) >= 11 is 12.3. The predicted molar refractivity (Wildman–Crippen MR) is 555 cm³/mol. The molecule has 0 saturated heterocycles. The van der Waals surface area contributed by atoms with Gasteiger partial charge in [-0.25, -0.2) is 48.9 Å². The second kappa shape index (κ2) is 42.2. The monoisotopic (exact) mass is 1920 g/mol. The summed E-state index contributed by atoms with van der Waals surface area (Å²) in [5.41, 5.74) is 25.1. The molecule has 20 rings (SSSR count). The second-order valence-electron chi connectivity index (χ2n) is 36.3. The highest BCUT2D eigenvalue weighted by atomic mass is 35.5. The average molecular weight is 1930 g/mol. The Morgan fingerprint density at radius 3 is 0.667 bits per heavy atom. The molecule has 5 N–H and O–H groups in total. The molecule has 0 bridgehead atoms. The molecule has 10 heterocycles. The first-order chi connectivity index (χ1) is 67.5. The summed E-state index contributed by atoms with van der Waals surface area (Å²) in [6.07, 6.45) is 8.51. The number of nitrogens with zero attached hydrogens (tertiary/aromatic N) is 15. The van der Waals surface area contributed by atoms with Gasteiger partial charge in [0.2, 0.25) is 0 Å². The average Bonchev–Trinajstić information content (AvgIpc) is 0.773. The number of rotatable bonds is 20. The molecule has 10 aromatic carbocycles. The third-order valence-electron chi connectivity index (χ3n) is 25.8. The number of aromatic nitrogens is 20. The summed E-state index contributed by atoms with van der Waals surface area (Å²) in [5, 5.41) is 1.46. The number of benzene rings is 10. The highest BCUT2D eigenvalue weighted by Crippen LogP contribution is 2.32. The zero-order valence-corrected chi connectivity index (χ0v) is 82.4. The fourth-order valence-electron chi connectivity index (χ4n) is 17.3. The van der Waals surface area contributed by atoms with Crippen molar-refractivity contribution in [3.05, 3.63) is 396 Å². The van der Waals surface area contributed by atoms with Gasteiger partial charge in [0.15, 0.2) is 57.6 Å². The summed E-state index contributed by atoms with van der Waals surface area (Å²) in [7, 11) is 0. The Kier molecular flexibility index (Phi) is 29.4. The molecule has 0 fully saturated rings. The first-order valence-corrected chi connectivity index (χ1v) is 47.5. The Morgan fingerprint density at radius 2 is 0.440 bits per heavy atom. The van der Waals surface area contributed by atoms with E-state index in [1.54, 1.807) is 0 Å². The topological polar surface area (TPSA) is 403 Å². The van der Waals surface area contributed by atoms with Crippen LogP contribution in [0, 0.1) is 96.9 Å². The maximum Gasteiger partial charge on any atom is 0.349 e. The van der Waals surface area contributed by atoms with E-state index in [2.05, 4.69) is 193 Å². The van der Waals surface area contributed by atoms with E-state index < -0.39 is 56.2 Å². The fraction of sp³-hybridized carbons (Fsp3) is 0.266. The van der Waals surface area contributed by atoms with E-state index in [0.717, 1.165) is 186 Å². The third-order valence-corrected chi connectivity index (χ3v) is 26.5. The molecule has 141 heavy (non-hydrogen) atoms. The molecule has 0 radical (unpaired) electrons. The Bertz CT molecular complexity index is 8220. The van der Waals surface area contributed by atoms with Gasteiger partial charge < -0.3 is 22.8 Å². The minimum Gasteiger partial charge on any atom is -0.322 e. The van der Waals surface area contributed by atoms with E-state index in [-0.39, 0.29) is 28.5 Å². The highest BCUT2D eigenvalue weighted by Gasteiger charge is 2.26. The van der Waals surface area contributed by atoms with Gasteiger partial charge in [0, 0.05) is 42.8 Å². The molecular weight excluding hydrogens is 1820 g/mol. The van der Waals surface area contributed by atoms with Crippen LogP contribution in [0.3, 0.4) is 0 Å². The molecule has 0 amide bonds. The van der Waals surface area contributed by atoms with Gasteiger partial charge in [-0.05, 0) is 329 Å². The first kappa shape index (κ1) is 98.2. The molecule has 10 aromatic rings. The Hall–Kier alpha value is -15.8. The predicted octanol–water partition coefficient (Wildman–Crippen LogP) is 16.7. The van der Waals surface area contributed by atoms with Crippen molar-refractivity contribution >= 4 is 78.4 Å². The minimum atomic E-state index is -0.661. The normalized spacial score (nSPS) is 11.4. The Balaban J connectivity index is 0.000000127. The Morgan fingerprint density at radius 1 is 0.227 bits per heavy atom. The molecule has 30 nitrogen and oxygen atoms in total. The van der Waals surface area contributed by atoms with Crippen LogP contribution in [0.15, 0.2) is 224 Å². The summed E-state index contributed by atoms with van der Waals surface area (Å²) in [6.45, 7) is 31.6. The molecule has 0 unspecified atom stereocenters. The van der Waals surface area contributed by atoms with E-state index >= 15 is 0 Å². The zero-order chi connectivity index (χ0) is 100. The van der Waals surface area contributed by atoms with Crippen molar-refractivity contribution in [2.24, 2.45) is 0 Å². The van der Waals surface area contributed by atoms with Gasteiger partial charge in [-0.2, -0.15) is 24.9 Å². The largest absolute Gasteiger partial charge is 0.349 e. The van der Waals surface area contributed by atoms with Crippen molar-refractivity contribution in [3.8, 4) is 57.6 Å². The Labute approximate surface area is 818 Å². The maximum atomic E-state index is 12.3. The molecule has 0 aliphatic carbocycles. The van der Waals surface area contributed by atoms with Crippen LogP contribution in [-0.2, 0) is 64.8 Å². The molecule has 0 atom stereocenters. The third kappa shape index (κ3) is 22.5. The number of fused-ring (bicyclic) bond motifs is 10. The van der Waals surface area contributed by atoms with Crippen molar-refractivity contribution in [2.45, 2.75) is 194 Å². The van der Waals surface area contributed by atoms with E-state index in [9.17, 15) is 47.9 Å². The molecule has 0 spiro atoms. The summed E-state index contributed by atoms with van der Waals surface area (Å²) in [5.74, 6) is 1.65. The van der Waals surface area contributed by atoms with E-state index in [1.807, 2.05) is 178 Å². The molecular formula is C109H106Cl2N20O10. The number of aromatic amines is 5. The van der Waals surface area contributed by atoms with Crippen molar-refractivity contribution < 1.29 is 0 Å². The van der Waals surface area contributed by atoms with Crippen LogP contribution in [0.25, 0.3) is 113 Å². The minimum absolute atomic E-state index is 0.179. The molecule has 0 saturated carbocycles. The molecule has 10 aliphatic heterocycles. The number of hydrogen-bond donors (Lipinski definition) is 5. The fourth-order valence-corrected chi connectivity index (χ4v) is 17.8. The van der Waals surface area contributed by atoms with Crippen molar-refractivity contribution in [2.75, 3.05) is 0 Å². The second-order valence-corrected chi connectivity index (χ2v) is 37.2. The molecule has 32 heteroatoms. The first-order valence-electron chi connectivity index (χ1n) is 46.8. The molecule has 0 aromatic heterocycles. The van der Waals surface area contributed by atoms with Crippen LogP contribution in [0.4, 0.5) is 0 Å². The number of nitrogens with one attached hydrogen (secondary N) is 5. The van der Waals surface area contributed by atoms with Crippen LogP contribution < -0.4 is 56.2 Å². The zero-order valence-electron chi connectivity index (χ0n) is 80.9. The maximum absolute atomic E-state index is 12.3. The van der Waals surface area contributed by atoms with Crippen molar-refractivity contribution in [1.29, 1.82) is 0 Å². The summed E-state index contributed by atoms with van der Waals surface area (Å²) in [4.78, 5) is 175. The number of hydrogen-bond acceptors (Lipinski definition) is 20. The van der Waals surface area contributed by atoms with Gasteiger partial charge in [-0.15, -0.1) is 0 Å². The van der Waals surface area contributed by atoms with Crippen LogP contribution in [0.1, 0.15) is 138 Å². The number of halogens is 2. The van der Waals surface area contributed by atoms with Gasteiger partial charge in [-0.1, -0.05) is 137 Å². The van der Waals surface area contributed by atoms with Crippen LogP contribution in [0.2, 0.25) is 10.0 Å². The number of H-pyrrole nitrogens is 5. The standard InChI is InChI=1S/C22H21ClN4O2.3C22H22N4O2.C21H19ClN4O2/c1-12-6-7-15(11-16(12)23)5-4-8-27-18-10-14(3)13(2)9-17(18)24-19-20(27)25-22(29)26-21(19)28;3*1-13-6-8-16(9-7-13)5-4-10-26-18-12-15(3)14(2)11-17(18)23-19-20(26)24-22(28)25-21(19)27;1-12-9-16-17(10-13(12)2)26(8-4-6-14-5-3-7-15(22)11-14)19-18(23-16)20(27)25-21(28)24-19/h6-7,9-11H,4-5,8H2,1-3H3,(H,26,28,29);3*6-9,11-12H,4-5,10H2,1-3H3,(H,25,27,28);3,5,7,9-11H,4,6,8H2,1-2H3,(H,25,27,28). The highest BCUT2D eigenvalue weighted by molar-refractivity contribution is 6.31. The SMILES string of the molecule is Cc1cc2nc3c(=O)[nH]c(=O)nc-3n(CCCc3ccc(C)c(Cl)c3)c2cc1C.Cc1cc2nc3c(=O)[nH]c(=O)nc-3n(CCCc3cccc(Cl)c3)c2cc1C.Cc1ccc(CCCn2c3nc(=O)[nH]c(=O)c-3nc3cc(C)c(C)cc32)cc1.Cc1ccc(CCCn2c3nc(=O)[nH]c(=O)c-3nc3cc(C)c(C)cc32)cc1.Cc1ccc(CCCn2c3nc(=O)[nH]c(=O)c-3nc3cc(C)c(C)cc32)cc1. The van der Waals surface area contributed by atoms with Crippen LogP contribution in [-0.4, -0.2) is 97.6 Å². The molecule has 10 aliphatic rings. The van der Waals surface area contributed by atoms with Gasteiger partial charge in [0.25, 0.3) is 27.8 Å². The lowest BCUT2D eigenvalue weighted by Gasteiger charge is -2.18. The van der Waals surface area contributed by atoms with E-state index in [4.69, 9.17) is 23.2 Å². The lowest BCUT2D eigenvalue weighted by Crippen LogP contribution is -2.29. The molecule has 716 valence electrons. The number of aryl methyl sites for hydroxylation is 24. The smallest absolute Gasteiger partial charge is 0.322 e. The van der Waals surface area contributed by atoms with Crippen molar-refractivity contribution in [3.63, 3.8) is 0 Å². The van der Waals surface area contributed by atoms with Crippen LogP contribution in [0.5, 0.6) is 0 Å².